The number of aromatic nitrogens is 2. The fraction of sp³-hybridized carbons (Fsp3) is 0.320. The van der Waals surface area contributed by atoms with E-state index in [1.807, 2.05) is 0 Å². The molecule has 2 aliphatic heterocycles. The lowest BCUT2D eigenvalue weighted by molar-refractivity contribution is -0.137. The second kappa shape index (κ2) is 10.1. The molecule has 0 unspecified atom stereocenters. The van der Waals surface area contributed by atoms with Crippen molar-refractivity contribution in [1.29, 1.82) is 0 Å². The molecule has 2 aromatic heterocycles. The van der Waals surface area contributed by atoms with Crippen molar-refractivity contribution in [2.75, 3.05) is 41.4 Å². The Balaban J connectivity index is 1.47. The largest absolute Gasteiger partial charge is 0.478 e. The van der Waals surface area contributed by atoms with Gasteiger partial charge in [-0.1, -0.05) is 29.8 Å². The highest BCUT2D eigenvalue weighted by Gasteiger charge is 2.41. The van der Waals surface area contributed by atoms with E-state index in [0.29, 0.717) is 43.3 Å². The summed E-state index contributed by atoms with van der Waals surface area (Å²) in [7, 11) is 0. The Labute approximate surface area is 215 Å². The molecule has 1 fully saturated rings. The van der Waals surface area contributed by atoms with Crippen molar-refractivity contribution in [3.8, 4) is 17.1 Å². The van der Waals surface area contributed by atoms with Gasteiger partial charge in [-0.15, -0.1) is 0 Å². The molecule has 2 amide bonds. The molecule has 37 heavy (non-hydrogen) atoms. The number of pyridine rings is 2. The number of hydrogen-bond acceptors (Lipinski definition) is 6. The maximum absolute atomic E-state index is 13.5. The zero-order valence-electron chi connectivity index (χ0n) is 19.5. The molecule has 8 nitrogen and oxygen atoms in total. The fourth-order valence-corrected chi connectivity index (χ4v) is 4.76. The summed E-state index contributed by atoms with van der Waals surface area (Å²) < 4.78 is 45.4. The molecule has 1 aromatic carbocycles. The zero-order chi connectivity index (χ0) is 26.2. The Morgan fingerprint density at radius 1 is 1.19 bits per heavy atom. The Morgan fingerprint density at radius 3 is 2.78 bits per heavy atom. The number of fused-ring (bicyclic) bond motifs is 4. The Hall–Kier alpha value is -3.57. The van der Waals surface area contributed by atoms with Crippen LogP contribution in [0.1, 0.15) is 18.4 Å². The quantitative estimate of drug-likeness (QED) is 0.423. The van der Waals surface area contributed by atoms with E-state index in [-0.39, 0.29) is 41.4 Å². The van der Waals surface area contributed by atoms with Crippen molar-refractivity contribution in [3.63, 3.8) is 0 Å². The number of carbonyl (C=O) groups is 1. The average molecular weight is 534 g/mol. The minimum Gasteiger partial charge on any atom is -0.478 e. The normalized spacial score (nSPS) is 16.5. The number of nitrogens with zero attached hydrogens (tertiary/aromatic N) is 4. The minimum absolute atomic E-state index is 0.0112. The van der Waals surface area contributed by atoms with Gasteiger partial charge in [-0.2, -0.15) is 18.2 Å². The summed E-state index contributed by atoms with van der Waals surface area (Å²) in [5, 5.41) is 11.9. The molecule has 5 rings (SSSR count). The van der Waals surface area contributed by atoms with Crippen LogP contribution in [0.2, 0.25) is 5.02 Å². The molecular weight excluding hydrogens is 511 g/mol. The van der Waals surface area contributed by atoms with E-state index in [1.165, 1.54) is 17.0 Å². The Morgan fingerprint density at radius 2 is 2.00 bits per heavy atom. The minimum atomic E-state index is -4.52. The van der Waals surface area contributed by atoms with Crippen LogP contribution < -0.4 is 19.9 Å². The molecule has 2 N–H and O–H groups in total. The second-order valence-corrected chi connectivity index (χ2v) is 9.12. The van der Waals surface area contributed by atoms with Gasteiger partial charge in [-0.3, -0.25) is 10.2 Å². The lowest BCUT2D eigenvalue weighted by atomic mass is 10.1. The highest BCUT2D eigenvalue weighted by atomic mass is 35.5. The lowest BCUT2D eigenvalue weighted by Crippen LogP contribution is -2.48. The SMILES string of the molecule is O=C(Nc1cccc(OCCCO)n1)N1c2nc(-c3cccc(C(F)(F)F)c3)c(Cl)cc2N2CC[C@H]1C2. The third-order valence-electron chi connectivity index (χ3n) is 6.23. The highest BCUT2D eigenvalue weighted by Crippen LogP contribution is 2.43. The summed E-state index contributed by atoms with van der Waals surface area (Å²) in [6.45, 7) is 1.54. The molecule has 2 bridgehead atoms. The van der Waals surface area contributed by atoms with E-state index in [0.717, 1.165) is 12.1 Å². The van der Waals surface area contributed by atoms with Crippen molar-refractivity contribution in [2.24, 2.45) is 0 Å². The van der Waals surface area contributed by atoms with E-state index in [4.69, 9.17) is 21.4 Å². The summed E-state index contributed by atoms with van der Waals surface area (Å²) in [4.78, 5) is 26.0. The maximum Gasteiger partial charge on any atom is 0.416 e. The first-order valence-corrected chi connectivity index (χ1v) is 12.1. The van der Waals surface area contributed by atoms with Crippen LogP contribution in [0.25, 0.3) is 11.3 Å². The molecule has 1 atom stereocenters. The Kier molecular flexibility index (Phi) is 6.82. The van der Waals surface area contributed by atoms with E-state index in [9.17, 15) is 18.0 Å². The summed E-state index contributed by atoms with van der Waals surface area (Å²) >= 11 is 6.50. The molecule has 2 aliphatic rings. The zero-order valence-corrected chi connectivity index (χ0v) is 20.3. The standard InChI is InChI=1S/C25H23ClF3N5O3/c26-18-13-19-23(32-22(18)15-4-1-5-16(12-15)25(27,28)29)34(17-8-9-33(19)14-17)24(36)31-20-6-2-7-21(30-20)37-11-3-10-35/h1-2,4-7,12-13,17,35H,3,8-11,14H2,(H,30,31,36)/t17-/m0/s1. The molecule has 0 spiro atoms. The summed E-state index contributed by atoms with van der Waals surface area (Å²) in [6.07, 6.45) is -3.38. The van der Waals surface area contributed by atoms with Crippen LogP contribution in [0, 0.1) is 0 Å². The number of benzene rings is 1. The van der Waals surface area contributed by atoms with Gasteiger partial charge in [-0.25, -0.2) is 9.78 Å². The number of nitrogens with one attached hydrogen (secondary N) is 1. The molecular formula is C25H23ClF3N5O3. The van der Waals surface area contributed by atoms with Gasteiger partial charge < -0.3 is 14.7 Å². The third-order valence-corrected chi connectivity index (χ3v) is 6.52. The first-order chi connectivity index (χ1) is 17.7. The average Bonchev–Trinajstić information content (AvgIpc) is 3.29. The molecule has 12 heteroatoms. The number of halogens is 4. The number of rotatable bonds is 6. The molecule has 1 saturated heterocycles. The van der Waals surface area contributed by atoms with Crippen LogP contribution in [0.15, 0.2) is 48.5 Å². The number of hydrogen-bond donors (Lipinski definition) is 2. The number of alkyl halides is 3. The number of carbonyl (C=O) groups excluding carboxylic acids is 1. The fourth-order valence-electron chi connectivity index (χ4n) is 4.51. The van der Waals surface area contributed by atoms with Crippen LogP contribution in [0.4, 0.5) is 35.3 Å². The van der Waals surface area contributed by atoms with Crippen molar-refractivity contribution in [1.82, 2.24) is 9.97 Å². The van der Waals surface area contributed by atoms with Gasteiger partial charge in [0.15, 0.2) is 5.82 Å². The van der Waals surface area contributed by atoms with Gasteiger partial charge in [0.1, 0.15) is 5.82 Å². The third kappa shape index (κ3) is 5.14. The molecule has 0 radical (unpaired) electrons. The number of amides is 2. The van der Waals surface area contributed by atoms with E-state index >= 15 is 0 Å². The van der Waals surface area contributed by atoms with Crippen molar-refractivity contribution < 1.29 is 27.8 Å². The second-order valence-electron chi connectivity index (χ2n) is 8.72. The smallest absolute Gasteiger partial charge is 0.416 e. The topological polar surface area (TPSA) is 90.8 Å². The first kappa shape index (κ1) is 25.1. The molecule has 3 aromatic rings. The highest BCUT2D eigenvalue weighted by molar-refractivity contribution is 6.33. The van der Waals surface area contributed by atoms with Crippen molar-refractivity contribution >= 4 is 35.0 Å². The van der Waals surface area contributed by atoms with Gasteiger partial charge in [0.25, 0.3) is 0 Å². The Bertz CT molecular complexity index is 1320. The number of ether oxygens (including phenoxy) is 1. The molecule has 0 saturated carbocycles. The van der Waals surface area contributed by atoms with Crippen LogP contribution in [-0.2, 0) is 6.18 Å². The first-order valence-electron chi connectivity index (χ1n) is 11.7. The van der Waals surface area contributed by atoms with E-state index in [1.54, 1.807) is 24.3 Å². The molecule has 0 aliphatic carbocycles. The number of aliphatic hydroxyl groups is 1. The summed E-state index contributed by atoms with van der Waals surface area (Å²) in [5.74, 6) is 0.882. The monoisotopic (exact) mass is 533 g/mol. The number of anilines is 3. The van der Waals surface area contributed by atoms with Gasteiger partial charge >= 0.3 is 12.2 Å². The van der Waals surface area contributed by atoms with Gasteiger partial charge in [-0.05, 0) is 30.7 Å². The lowest BCUT2D eigenvalue weighted by Gasteiger charge is -2.36. The number of aliphatic hydroxyl groups excluding tert-OH is 1. The van der Waals surface area contributed by atoms with E-state index < -0.39 is 17.8 Å². The molecule has 194 valence electrons. The van der Waals surface area contributed by atoms with Crippen LogP contribution in [-0.4, -0.2) is 53.5 Å². The van der Waals surface area contributed by atoms with Crippen molar-refractivity contribution in [2.45, 2.75) is 25.1 Å². The van der Waals surface area contributed by atoms with E-state index in [2.05, 4.69) is 20.2 Å². The van der Waals surface area contributed by atoms with Crippen molar-refractivity contribution in [3.05, 3.63) is 59.1 Å². The van der Waals surface area contributed by atoms with Gasteiger partial charge in [0, 0.05) is 37.7 Å². The maximum atomic E-state index is 13.5. The molecule has 4 heterocycles. The van der Waals surface area contributed by atoms with Crippen LogP contribution in [0.3, 0.4) is 0 Å². The summed E-state index contributed by atoms with van der Waals surface area (Å²) in [6, 6.07) is 10.7. The summed E-state index contributed by atoms with van der Waals surface area (Å²) in [5.41, 5.74) is 0.180. The van der Waals surface area contributed by atoms with Gasteiger partial charge in [0.05, 0.1) is 34.6 Å². The van der Waals surface area contributed by atoms with Gasteiger partial charge in [0.2, 0.25) is 5.88 Å². The number of urea groups is 1. The predicted molar refractivity (Wildman–Crippen MR) is 133 cm³/mol. The predicted octanol–water partition coefficient (Wildman–Crippen LogP) is 5.21. The van der Waals surface area contributed by atoms with Crippen LogP contribution in [0.5, 0.6) is 5.88 Å². The van der Waals surface area contributed by atoms with Crippen LogP contribution >= 0.6 is 11.6 Å².